The van der Waals surface area contributed by atoms with Crippen LogP contribution in [0.2, 0.25) is 0 Å². The third-order valence-corrected chi connectivity index (χ3v) is 2.85. The fraction of sp³-hybridized carbons (Fsp3) is 0.0667. The van der Waals surface area contributed by atoms with Gasteiger partial charge in [0.1, 0.15) is 5.82 Å². The van der Waals surface area contributed by atoms with Crippen molar-refractivity contribution < 1.29 is 18.9 Å². The fourth-order valence-corrected chi connectivity index (χ4v) is 1.88. The lowest BCUT2D eigenvalue weighted by Crippen LogP contribution is -2.15. The molecule has 23 heavy (non-hydrogen) atoms. The molecule has 0 aliphatic carbocycles. The van der Waals surface area contributed by atoms with Gasteiger partial charge in [-0.3, -0.25) is 19.7 Å². The van der Waals surface area contributed by atoms with Crippen molar-refractivity contribution in [1.29, 1.82) is 0 Å². The van der Waals surface area contributed by atoms with Crippen molar-refractivity contribution in [3.63, 3.8) is 0 Å². The molecule has 2 aromatic rings. The van der Waals surface area contributed by atoms with Crippen LogP contribution in [-0.4, -0.2) is 16.7 Å². The van der Waals surface area contributed by atoms with E-state index in [9.17, 15) is 24.1 Å². The van der Waals surface area contributed by atoms with Crippen molar-refractivity contribution in [1.82, 2.24) is 0 Å². The molecule has 0 radical (unpaired) electrons. The summed E-state index contributed by atoms with van der Waals surface area (Å²) in [4.78, 5) is 33.2. The molecule has 2 aromatic carbocycles. The maximum absolute atomic E-state index is 13.8. The quantitative estimate of drug-likeness (QED) is 0.668. The molecule has 0 aliphatic rings. The van der Waals surface area contributed by atoms with Crippen LogP contribution in [0.4, 0.5) is 21.5 Å². The Balaban J connectivity index is 2.25. The number of carbonyl (C=O) groups is 2. The summed E-state index contributed by atoms with van der Waals surface area (Å²) in [5.41, 5.74) is -0.0605. The predicted octanol–water partition coefficient (Wildman–Crippen LogP) is 2.94. The van der Waals surface area contributed by atoms with Crippen LogP contribution in [0.25, 0.3) is 0 Å². The second-order valence-corrected chi connectivity index (χ2v) is 4.64. The number of halogens is 1. The molecule has 8 heteroatoms. The second-order valence-electron chi connectivity index (χ2n) is 4.64. The average Bonchev–Trinajstić information content (AvgIpc) is 2.49. The first-order chi connectivity index (χ1) is 10.9. The maximum atomic E-state index is 13.8. The Kier molecular flexibility index (Phi) is 4.65. The molecule has 118 valence electrons. The van der Waals surface area contributed by atoms with Gasteiger partial charge in [0.05, 0.1) is 10.5 Å². The van der Waals surface area contributed by atoms with Crippen LogP contribution < -0.4 is 10.6 Å². The molecule has 0 saturated carbocycles. The number of nitrogens with zero attached hydrogens (tertiary/aromatic N) is 1. The molecule has 0 atom stereocenters. The van der Waals surface area contributed by atoms with Gasteiger partial charge in [-0.05, 0) is 24.3 Å². The summed E-state index contributed by atoms with van der Waals surface area (Å²) in [6, 6.07) is 8.83. The highest BCUT2D eigenvalue weighted by Gasteiger charge is 2.14. The zero-order valence-corrected chi connectivity index (χ0v) is 12.0. The van der Waals surface area contributed by atoms with Gasteiger partial charge in [0, 0.05) is 30.4 Å². The van der Waals surface area contributed by atoms with Crippen molar-refractivity contribution in [3.8, 4) is 0 Å². The zero-order valence-electron chi connectivity index (χ0n) is 12.0. The summed E-state index contributed by atoms with van der Waals surface area (Å²) in [5.74, 6) is -1.92. The molecule has 0 fully saturated rings. The smallest absolute Gasteiger partial charge is 0.271 e. The topological polar surface area (TPSA) is 101 Å². The van der Waals surface area contributed by atoms with Crippen LogP contribution in [0.5, 0.6) is 0 Å². The van der Waals surface area contributed by atoms with E-state index in [-0.39, 0.29) is 28.5 Å². The van der Waals surface area contributed by atoms with Gasteiger partial charge in [0.2, 0.25) is 5.91 Å². The third-order valence-electron chi connectivity index (χ3n) is 2.85. The summed E-state index contributed by atoms with van der Waals surface area (Å²) in [5, 5.41) is 15.5. The number of benzene rings is 2. The van der Waals surface area contributed by atoms with Gasteiger partial charge < -0.3 is 10.6 Å². The normalized spacial score (nSPS) is 10.0. The molecule has 2 rings (SSSR count). The van der Waals surface area contributed by atoms with E-state index in [0.717, 1.165) is 12.1 Å². The number of carbonyl (C=O) groups excluding carboxylic acids is 2. The van der Waals surface area contributed by atoms with Gasteiger partial charge in [-0.1, -0.05) is 6.07 Å². The Morgan fingerprint density at radius 1 is 1.09 bits per heavy atom. The Morgan fingerprint density at radius 2 is 1.78 bits per heavy atom. The number of rotatable bonds is 4. The molecule has 0 heterocycles. The van der Waals surface area contributed by atoms with E-state index in [2.05, 4.69) is 10.6 Å². The standard InChI is InChI=1S/C15H12FN3O4/c1-9(20)17-11-5-6-14(16)13(8-11)15(21)18-10-3-2-4-12(7-10)19(22)23/h2-8H,1H3,(H,17,20)(H,18,21). The summed E-state index contributed by atoms with van der Waals surface area (Å²) < 4.78 is 13.8. The first-order valence-corrected chi connectivity index (χ1v) is 6.50. The first-order valence-electron chi connectivity index (χ1n) is 6.50. The number of hydrogen-bond donors (Lipinski definition) is 2. The summed E-state index contributed by atoms with van der Waals surface area (Å²) in [6.45, 7) is 1.28. The van der Waals surface area contributed by atoms with E-state index >= 15 is 0 Å². The van der Waals surface area contributed by atoms with Crippen LogP contribution in [0.3, 0.4) is 0 Å². The number of anilines is 2. The van der Waals surface area contributed by atoms with Crippen molar-refractivity contribution >= 4 is 28.9 Å². The fourth-order valence-electron chi connectivity index (χ4n) is 1.88. The summed E-state index contributed by atoms with van der Waals surface area (Å²) >= 11 is 0. The maximum Gasteiger partial charge on any atom is 0.271 e. The molecule has 0 aromatic heterocycles. The van der Waals surface area contributed by atoms with Gasteiger partial charge >= 0.3 is 0 Å². The first kappa shape index (κ1) is 16.1. The van der Waals surface area contributed by atoms with Crippen LogP contribution in [0.1, 0.15) is 17.3 Å². The Hall–Kier alpha value is -3.29. The number of non-ortho nitro benzene ring substituents is 1. The number of nitro benzene ring substituents is 1. The number of amides is 2. The third kappa shape index (κ3) is 4.10. The molecule has 0 spiro atoms. The Morgan fingerprint density at radius 3 is 2.43 bits per heavy atom. The molecular formula is C15H12FN3O4. The van der Waals surface area contributed by atoms with E-state index in [1.165, 1.54) is 37.3 Å². The van der Waals surface area contributed by atoms with E-state index in [1.807, 2.05) is 0 Å². The van der Waals surface area contributed by atoms with Crippen LogP contribution in [0, 0.1) is 15.9 Å². The lowest BCUT2D eigenvalue weighted by Gasteiger charge is -2.08. The Labute approximate surface area is 130 Å². The predicted molar refractivity (Wildman–Crippen MR) is 81.8 cm³/mol. The van der Waals surface area contributed by atoms with E-state index in [1.54, 1.807) is 0 Å². The second kappa shape index (κ2) is 6.65. The molecule has 0 aliphatic heterocycles. The van der Waals surface area contributed by atoms with Crippen LogP contribution >= 0.6 is 0 Å². The molecule has 2 N–H and O–H groups in total. The van der Waals surface area contributed by atoms with Crippen molar-refractivity contribution in [2.45, 2.75) is 6.92 Å². The van der Waals surface area contributed by atoms with Crippen LogP contribution in [-0.2, 0) is 4.79 Å². The largest absolute Gasteiger partial charge is 0.326 e. The van der Waals surface area contributed by atoms with Gasteiger partial charge in [-0.15, -0.1) is 0 Å². The number of nitro groups is 1. The highest BCUT2D eigenvalue weighted by Crippen LogP contribution is 2.20. The lowest BCUT2D eigenvalue weighted by atomic mass is 10.1. The number of hydrogen-bond acceptors (Lipinski definition) is 4. The minimum atomic E-state index is -0.782. The molecular weight excluding hydrogens is 305 g/mol. The van der Waals surface area contributed by atoms with Gasteiger partial charge in [0.15, 0.2) is 0 Å². The SMILES string of the molecule is CC(=O)Nc1ccc(F)c(C(=O)Nc2cccc([N+](=O)[O-])c2)c1. The summed E-state index contributed by atoms with van der Waals surface area (Å²) in [7, 11) is 0. The molecule has 0 bridgehead atoms. The highest BCUT2D eigenvalue weighted by atomic mass is 19.1. The van der Waals surface area contributed by atoms with Gasteiger partial charge in [-0.25, -0.2) is 4.39 Å². The number of nitrogens with one attached hydrogen (secondary N) is 2. The average molecular weight is 317 g/mol. The van der Waals surface area contributed by atoms with Crippen molar-refractivity contribution in [3.05, 3.63) is 64.0 Å². The van der Waals surface area contributed by atoms with Crippen molar-refractivity contribution in [2.75, 3.05) is 10.6 Å². The molecule has 2 amide bonds. The van der Waals surface area contributed by atoms with Crippen LogP contribution in [0.15, 0.2) is 42.5 Å². The highest BCUT2D eigenvalue weighted by molar-refractivity contribution is 6.05. The Bertz CT molecular complexity index is 792. The van der Waals surface area contributed by atoms with Gasteiger partial charge in [0.25, 0.3) is 11.6 Å². The molecule has 7 nitrogen and oxygen atoms in total. The lowest BCUT2D eigenvalue weighted by molar-refractivity contribution is -0.384. The van der Waals surface area contributed by atoms with Gasteiger partial charge in [-0.2, -0.15) is 0 Å². The minimum Gasteiger partial charge on any atom is -0.326 e. The van der Waals surface area contributed by atoms with E-state index in [0.29, 0.717) is 0 Å². The van der Waals surface area contributed by atoms with Crippen molar-refractivity contribution in [2.24, 2.45) is 0 Å². The zero-order chi connectivity index (χ0) is 17.0. The van der Waals surface area contributed by atoms with E-state index < -0.39 is 16.6 Å². The van der Waals surface area contributed by atoms with E-state index in [4.69, 9.17) is 0 Å². The molecule has 0 unspecified atom stereocenters. The molecule has 0 saturated heterocycles. The monoisotopic (exact) mass is 317 g/mol. The minimum absolute atomic E-state index is 0.161. The summed E-state index contributed by atoms with van der Waals surface area (Å²) in [6.07, 6.45) is 0.